The van der Waals surface area contributed by atoms with Crippen molar-refractivity contribution in [3.8, 4) is 22.7 Å². The first-order valence-corrected chi connectivity index (χ1v) is 10.9. The van der Waals surface area contributed by atoms with Crippen molar-refractivity contribution in [2.24, 2.45) is 0 Å². The second kappa shape index (κ2) is 10.8. The minimum Gasteiger partial charge on any atom is -0.744 e. The third-order valence-electron chi connectivity index (χ3n) is 3.93. The maximum Gasteiger partial charge on any atom is 1.00 e. The molecule has 0 aliphatic rings. The Bertz CT molecular complexity index is 1350. The van der Waals surface area contributed by atoms with Crippen LogP contribution in [0.4, 0.5) is 0 Å². The maximum atomic E-state index is 12.5. The molecule has 14 heteroatoms. The van der Waals surface area contributed by atoms with Gasteiger partial charge in [-0.3, -0.25) is 9.89 Å². The third kappa shape index (κ3) is 6.32. The van der Waals surface area contributed by atoms with Gasteiger partial charge in [-0.05, 0) is 37.3 Å². The molecule has 0 unspecified atom stereocenters. The number of benzene rings is 2. The van der Waals surface area contributed by atoms with Gasteiger partial charge >= 0.3 is 59.1 Å². The number of nitrogens with zero attached hydrogens (tertiary/aromatic N) is 1. The van der Waals surface area contributed by atoms with Gasteiger partial charge in [0, 0.05) is 11.6 Å². The zero-order valence-electron chi connectivity index (χ0n) is 16.9. The normalized spacial score (nSPS) is 11.3. The molecule has 0 aliphatic heterocycles. The van der Waals surface area contributed by atoms with E-state index in [0.717, 1.165) is 6.07 Å². The van der Waals surface area contributed by atoms with Crippen molar-refractivity contribution in [1.29, 1.82) is 0 Å². The average molecular weight is 484 g/mol. The van der Waals surface area contributed by atoms with Crippen LogP contribution in [0.3, 0.4) is 0 Å². The fraction of sp³-hybridized carbons (Fsp3) is 0.118. The standard InChI is InChI=1S/C17H16N2O8S2.2Na/c1-2-27-15-6-4-3-5-12(15)13-10-17(20)19(18-13)14-9-11(28(21,22)23)7-8-16(14)29(24,25)26;;/h3-10,18H,2H2,1H3,(H,21,22,23)(H,24,25,26);;/q;2*+1/p-2. The molecule has 0 radical (unpaired) electrons. The topological polar surface area (TPSA) is 161 Å². The number of aromatic nitrogens is 2. The third-order valence-corrected chi connectivity index (χ3v) is 5.64. The van der Waals surface area contributed by atoms with Gasteiger partial charge in [-0.1, -0.05) is 12.1 Å². The van der Waals surface area contributed by atoms with Crippen molar-refractivity contribution >= 4 is 20.2 Å². The summed E-state index contributed by atoms with van der Waals surface area (Å²) in [6.45, 7) is 2.12. The molecular formula is C17H14N2Na2O8S2. The SMILES string of the molecule is CCOc1ccccc1-c1cc(=O)n(-c2cc(S(=O)(=O)[O-])ccc2S(=O)(=O)[O-])[nH]1.[Na+].[Na+]. The summed E-state index contributed by atoms with van der Waals surface area (Å²) in [5, 5.41) is 2.63. The molecule has 154 valence electrons. The Hall–Kier alpha value is -0.930. The predicted octanol–water partition coefficient (Wildman–Crippen LogP) is -4.95. The smallest absolute Gasteiger partial charge is 0.744 e. The molecule has 31 heavy (non-hydrogen) atoms. The van der Waals surface area contributed by atoms with Crippen LogP contribution in [0.25, 0.3) is 16.9 Å². The van der Waals surface area contributed by atoms with E-state index in [1.165, 1.54) is 0 Å². The summed E-state index contributed by atoms with van der Waals surface area (Å²) in [7, 11) is -10.0. The van der Waals surface area contributed by atoms with Crippen molar-refractivity contribution in [3.05, 3.63) is 58.9 Å². The number of hydrogen-bond acceptors (Lipinski definition) is 8. The van der Waals surface area contributed by atoms with Gasteiger partial charge in [0.2, 0.25) is 0 Å². The van der Waals surface area contributed by atoms with E-state index >= 15 is 0 Å². The molecule has 0 bridgehead atoms. The molecule has 0 saturated heterocycles. The molecule has 0 saturated carbocycles. The first-order chi connectivity index (χ1) is 13.5. The van der Waals surface area contributed by atoms with Crippen molar-refractivity contribution in [1.82, 2.24) is 9.78 Å². The van der Waals surface area contributed by atoms with Gasteiger partial charge < -0.3 is 13.8 Å². The quantitative estimate of drug-likeness (QED) is 0.269. The molecule has 0 atom stereocenters. The fourth-order valence-corrected chi connectivity index (χ4v) is 3.85. The van der Waals surface area contributed by atoms with Gasteiger partial charge in [0.1, 0.15) is 26.0 Å². The Morgan fingerprint density at radius 1 is 0.968 bits per heavy atom. The van der Waals surface area contributed by atoms with E-state index in [1.807, 2.05) is 0 Å². The van der Waals surface area contributed by atoms with Gasteiger partial charge in [-0.25, -0.2) is 21.5 Å². The number of H-pyrrole nitrogens is 1. The van der Waals surface area contributed by atoms with Crippen molar-refractivity contribution in [3.63, 3.8) is 0 Å². The van der Waals surface area contributed by atoms with Crippen LogP contribution in [0, 0.1) is 0 Å². The van der Waals surface area contributed by atoms with Crippen LogP contribution in [0.15, 0.2) is 63.1 Å². The van der Waals surface area contributed by atoms with Crippen LogP contribution < -0.4 is 69.4 Å². The summed E-state index contributed by atoms with van der Waals surface area (Å²) in [6.07, 6.45) is 0. The Balaban J connectivity index is 0.00000240. The van der Waals surface area contributed by atoms with Crippen molar-refractivity contribution in [2.75, 3.05) is 6.61 Å². The molecule has 2 aromatic carbocycles. The first kappa shape index (κ1) is 28.1. The summed E-state index contributed by atoms with van der Waals surface area (Å²) < 4.78 is 74.8. The van der Waals surface area contributed by atoms with Gasteiger partial charge in [-0.15, -0.1) is 0 Å². The van der Waals surface area contributed by atoms with E-state index in [4.69, 9.17) is 4.74 Å². The summed E-state index contributed by atoms with van der Waals surface area (Å²) in [5.41, 5.74) is -0.660. The van der Waals surface area contributed by atoms with Crippen LogP contribution in [0.1, 0.15) is 6.92 Å². The maximum absolute atomic E-state index is 12.5. The molecular weight excluding hydrogens is 470 g/mol. The molecule has 0 amide bonds. The van der Waals surface area contributed by atoms with Crippen LogP contribution in [0.5, 0.6) is 5.75 Å². The minimum atomic E-state index is -5.08. The number of para-hydroxylation sites is 1. The minimum absolute atomic E-state index is 0. The first-order valence-electron chi connectivity index (χ1n) is 8.13. The largest absolute Gasteiger partial charge is 1.00 e. The Morgan fingerprint density at radius 3 is 2.19 bits per heavy atom. The molecule has 1 N–H and O–H groups in total. The van der Waals surface area contributed by atoms with E-state index in [9.17, 15) is 30.7 Å². The van der Waals surface area contributed by atoms with Gasteiger partial charge in [0.05, 0.1) is 27.8 Å². The van der Waals surface area contributed by atoms with E-state index in [1.54, 1.807) is 31.2 Å². The van der Waals surface area contributed by atoms with Crippen LogP contribution in [0.2, 0.25) is 0 Å². The number of rotatable bonds is 6. The summed E-state index contributed by atoms with van der Waals surface area (Å²) >= 11 is 0. The van der Waals surface area contributed by atoms with Crippen molar-refractivity contribution in [2.45, 2.75) is 16.7 Å². The monoisotopic (exact) mass is 484 g/mol. The molecule has 3 rings (SSSR count). The molecule has 1 aromatic heterocycles. The fourth-order valence-electron chi connectivity index (χ4n) is 2.72. The predicted molar refractivity (Wildman–Crippen MR) is 98.9 cm³/mol. The van der Waals surface area contributed by atoms with Gasteiger partial charge in [0.15, 0.2) is 0 Å². The van der Waals surface area contributed by atoms with Crippen LogP contribution in [-0.4, -0.2) is 42.3 Å². The summed E-state index contributed by atoms with van der Waals surface area (Å²) in [5.74, 6) is 0.441. The molecule has 1 heterocycles. The number of nitrogens with one attached hydrogen (secondary N) is 1. The van der Waals surface area contributed by atoms with Crippen molar-refractivity contribution < 1.29 is 89.8 Å². The number of ether oxygens (including phenoxy) is 1. The molecule has 10 nitrogen and oxygen atoms in total. The number of aromatic amines is 1. The number of hydrogen-bond donors (Lipinski definition) is 1. The molecule has 0 spiro atoms. The zero-order valence-corrected chi connectivity index (χ0v) is 22.5. The zero-order chi connectivity index (χ0) is 21.4. The summed E-state index contributed by atoms with van der Waals surface area (Å²) in [6, 6.07) is 9.84. The van der Waals surface area contributed by atoms with E-state index in [2.05, 4.69) is 5.10 Å². The van der Waals surface area contributed by atoms with E-state index in [0.29, 0.717) is 40.8 Å². The molecule has 0 fully saturated rings. The Morgan fingerprint density at radius 2 is 1.61 bits per heavy atom. The van der Waals surface area contributed by atoms with E-state index in [-0.39, 0.29) is 64.8 Å². The second-order valence-electron chi connectivity index (χ2n) is 5.81. The van der Waals surface area contributed by atoms with E-state index < -0.39 is 41.3 Å². The molecule has 0 aliphatic carbocycles. The van der Waals surface area contributed by atoms with Crippen LogP contribution in [-0.2, 0) is 20.2 Å². The van der Waals surface area contributed by atoms with Gasteiger partial charge in [0.25, 0.3) is 5.56 Å². The van der Waals surface area contributed by atoms with Gasteiger partial charge in [-0.2, -0.15) is 0 Å². The van der Waals surface area contributed by atoms with Crippen LogP contribution >= 0.6 is 0 Å². The Labute approximate surface area is 222 Å². The molecule has 3 aromatic rings. The summed E-state index contributed by atoms with van der Waals surface area (Å²) in [4.78, 5) is 10.8. The average Bonchev–Trinajstić information content (AvgIpc) is 3.02. The Kier molecular flexibility index (Phi) is 9.78. The second-order valence-corrected chi connectivity index (χ2v) is 8.54.